The van der Waals surface area contributed by atoms with Crippen LogP contribution in [0.5, 0.6) is 6.01 Å². The first-order valence-corrected chi connectivity index (χ1v) is 7.08. The summed E-state index contributed by atoms with van der Waals surface area (Å²) in [7, 11) is 1.52. The van der Waals surface area contributed by atoms with E-state index in [4.69, 9.17) is 16.3 Å². The highest BCUT2D eigenvalue weighted by Crippen LogP contribution is 2.25. The molecule has 112 valence electrons. The van der Waals surface area contributed by atoms with Crippen molar-refractivity contribution in [3.05, 3.63) is 28.8 Å². The van der Waals surface area contributed by atoms with E-state index in [1.807, 2.05) is 25.1 Å². The zero-order valence-corrected chi connectivity index (χ0v) is 13.0. The van der Waals surface area contributed by atoms with Crippen LogP contribution in [-0.2, 0) is 0 Å². The van der Waals surface area contributed by atoms with E-state index in [-0.39, 0.29) is 6.01 Å². The summed E-state index contributed by atoms with van der Waals surface area (Å²) in [4.78, 5) is 12.7. The molecule has 0 spiro atoms. The Bertz CT molecular complexity index is 620. The highest BCUT2D eigenvalue weighted by Gasteiger charge is 2.09. The smallest absolute Gasteiger partial charge is 0.322 e. The molecular formula is C14H18ClN5O. The minimum Gasteiger partial charge on any atom is -0.467 e. The summed E-state index contributed by atoms with van der Waals surface area (Å²) in [5, 5.41) is 6.94. The molecule has 0 bridgehead atoms. The molecule has 21 heavy (non-hydrogen) atoms. The molecule has 0 saturated carbocycles. The number of anilines is 3. The van der Waals surface area contributed by atoms with Crippen LogP contribution in [0.15, 0.2) is 18.2 Å². The van der Waals surface area contributed by atoms with Gasteiger partial charge in [0, 0.05) is 17.3 Å². The summed E-state index contributed by atoms with van der Waals surface area (Å²) in [6.07, 6.45) is 0.976. The van der Waals surface area contributed by atoms with Crippen LogP contribution in [0.1, 0.15) is 18.9 Å². The fourth-order valence-corrected chi connectivity index (χ4v) is 1.86. The van der Waals surface area contributed by atoms with Gasteiger partial charge in [0.15, 0.2) is 0 Å². The first-order chi connectivity index (χ1) is 10.1. The monoisotopic (exact) mass is 307 g/mol. The van der Waals surface area contributed by atoms with Crippen molar-refractivity contribution in [3.63, 3.8) is 0 Å². The Labute approximate surface area is 128 Å². The molecule has 0 unspecified atom stereocenters. The second kappa shape index (κ2) is 7.08. The van der Waals surface area contributed by atoms with Gasteiger partial charge in [-0.3, -0.25) is 0 Å². The molecule has 0 radical (unpaired) electrons. The molecule has 0 aliphatic rings. The summed E-state index contributed by atoms with van der Waals surface area (Å²) in [6.45, 7) is 4.78. The molecular weight excluding hydrogens is 290 g/mol. The van der Waals surface area contributed by atoms with Crippen LogP contribution >= 0.6 is 11.6 Å². The van der Waals surface area contributed by atoms with Crippen LogP contribution in [0.2, 0.25) is 5.02 Å². The van der Waals surface area contributed by atoms with E-state index < -0.39 is 0 Å². The molecule has 0 amide bonds. The van der Waals surface area contributed by atoms with Crippen molar-refractivity contribution in [2.75, 3.05) is 24.3 Å². The van der Waals surface area contributed by atoms with Gasteiger partial charge in [0.1, 0.15) is 0 Å². The van der Waals surface area contributed by atoms with Gasteiger partial charge < -0.3 is 15.4 Å². The van der Waals surface area contributed by atoms with Gasteiger partial charge in [-0.2, -0.15) is 15.0 Å². The Balaban J connectivity index is 2.28. The third-order valence-corrected chi connectivity index (χ3v) is 3.25. The number of ether oxygens (including phenoxy) is 1. The third-order valence-electron chi connectivity index (χ3n) is 2.84. The van der Waals surface area contributed by atoms with Crippen LogP contribution in [0, 0.1) is 6.92 Å². The van der Waals surface area contributed by atoms with E-state index >= 15 is 0 Å². The topological polar surface area (TPSA) is 72.0 Å². The van der Waals surface area contributed by atoms with Crippen molar-refractivity contribution >= 4 is 29.2 Å². The van der Waals surface area contributed by atoms with E-state index in [1.165, 1.54) is 7.11 Å². The molecule has 7 heteroatoms. The number of rotatable bonds is 6. The summed E-state index contributed by atoms with van der Waals surface area (Å²) >= 11 is 6.11. The highest BCUT2D eigenvalue weighted by molar-refractivity contribution is 6.31. The van der Waals surface area contributed by atoms with Crippen LogP contribution < -0.4 is 15.4 Å². The minimum absolute atomic E-state index is 0.255. The number of nitrogens with zero attached hydrogens (tertiary/aromatic N) is 3. The number of hydrogen-bond acceptors (Lipinski definition) is 6. The summed E-state index contributed by atoms with van der Waals surface area (Å²) in [5.74, 6) is 0.886. The van der Waals surface area contributed by atoms with E-state index in [9.17, 15) is 0 Å². The Morgan fingerprint density at radius 2 is 1.95 bits per heavy atom. The fraction of sp³-hybridized carbons (Fsp3) is 0.357. The average molecular weight is 308 g/mol. The van der Waals surface area contributed by atoms with Gasteiger partial charge >= 0.3 is 6.01 Å². The Kier molecular flexibility index (Phi) is 5.16. The summed E-state index contributed by atoms with van der Waals surface area (Å²) < 4.78 is 5.10. The number of hydrogen-bond donors (Lipinski definition) is 2. The van der Waals surface area contributed by atoms with Crippen molar-refractivity contribution in [2.45, 2.75) is 20.3 Å². The molecule has 0 atom stereocenters. The molecule has 1 aromatic carbocycles. The van der Waals surface area contributed by atoms with Gasteiger partial charge in [0.2, 0.25) is 11.9 Å². The van der Waals surface area contributed by atoms with Crippen molar-refractivity contribution in [1.82, 2.24) is 15.0 Å². The normalized spacial score (nSPS) is 10.3. The molecule has 0 aliphatic carbocycles. The maximum Gasteiger partial charge on any atom is 0.322 e. The zero-order chi connectivity index (χ0) is 15.2. The SMILES string of the molecule is CCCNc1nc(Nc2cccc(Cl)c2C)nc(OC)n1. The minimum atomic E-state index is 0.255. The largest absolute Gasteiger partial charge is 0.467 e. The predicted octanol–water partition coefficient (Wildman–Crippen LogP) is 3.41. The molecule has 0 fully saturated rings. The van der Waals surface area contributed by atoms with Crippen molar-refractivity contribution in [2.24, 2.45) is 0 Å². The number of nitrogens with one attached hydrogen (secondary N) is 2. The zero-order valence-electron chi connectivity index (χ0n) is 12.3. The van der Waals surface area contributed by atoms with E-state index in [1.54, 1.807) is 0 Å². The Morgan fingerprint density at radius 3 is 2.67 bits per heavy atom. The van der Waals surface area contributed by atoms with E-state index in [0.717, 1.165) is 24.2 Å². The van der Waals surface area contributed by atoms with Gasteiger partial charge in [-0.05, 0) is 31.0 Å². The summed E-state index contributed by atoms with van der Waals surface area (Å²) in [6, 6.07) is 5.87. The van der Waals surface area contributed by atoms with Crippen LogP contribution in [0.25, 0.3) is 0 Å². The van der Waals surface area contributed by atoms with Gasteiger partial charge in [-0.25, -0.2) is 0 Å². The molecule has 0 aliphatic heterocycles. The number of benzene rings is 1. The predicted molar refractivity (Wildman–Crippen MR) is 84.6 cm³/mol. The summed E-state index contributed by atoms with van der Waals surface area (Å²) in [5.41, 5.74) is 1.78. The number of methoxy groups -OCH3 is 1. The molecule has 6 nitrogen and oxygen atoms in total. The Hall–Kier alpha value is -2.08. The third kappa shape index (κ3) is 3.95. The lowest BCUT2D eigenvalue weighted by Crippen LogP contribution is -2.09. The molecule has 2 aromatic rings. The lowest BCUT2D eigenvalue weighted by Gasteiger charge is -2.11. The first-order valence-electron chi connectivity index (χ1n) is 6.70. The average Bonchev–Trinajstić information content (AvgIpc) is 2.49. The van der Waals surface area contributed by atoms with Crippen molar-refractivity contribution in [3.8, 4) is 6.01 Å². The highest BCUT2D eigenvalue weighted by atomic mass is 35.5. The molecule has 1 heterocycles. The first kappa shape index (κ1) is 15.3. The van der Waals surface area contributed by atoms with Gasteiger partial charge in [-0.1, -0.05) is 24.6 Å². The number of halogens is 1. The van der Waals surface area contributed by atoms with E-state index in [0.29, 0.717) is 16.9 Å². The maximum absolute atomic E-state index is 6.11. The van der Waals surface area contributed by atoms with Crippen molar-refractivity contribution in [1.29, 1.82) is 0 Å². The van der Waals surface area contributed by atoms with E-state index in [2.05, 4.69) is 32.5 Å². The van der Waals surface area contributed by atoms with Crippen LogP contribution in [-0.4, -0.2) is 28.6 Å². The fourth-order valence-electron chi connectivity index (χ4n) is 1.68. The number of aromatic nitrogens is 3. The van der Waals surface area contributed by atoms with Gasteiger partial charge in [0.05, 0.1) is 7.11 Å². The van der Waals surface area contributed by atoms with Crippen LogP contribution in [0.3, 0.4) is 0 Å². The van der Waals surface area contributed by atoms with Gasteiger partial charge in [-0.15, -0.1) is 0 Å². The lowest BCUT2D eigenvalue weighted by molar-refractivity contribution is 0.379. The second-order valence-corrected chi connectivity index (χ2v) is 4.84. The van der Waals surface area contributed by atoms with Crippen molar-refractivity contribution < 1.29 is 4.74 Å². The molecule has 2 N–H and O–H groups in total. The van der Waals surface area contributed by atoms with Gasteiger partial charge in [0.25, 0.3) is 0 Å². The maximum atomic E-state index is 6.11. The van der Waals surface area contributed by atoms with Crippen LogP contribution in [0.4, 0.5) is 17.6 Å². The molecule has 1 aromatic heterocycles. The lowest BCUT2D eigenvalue weighted by atomic mass is 10.2. The standard InChI is InChI=1S/C14H18ClN5O/c1-4-8-16-12-18-13(20-14(19-12)21-3)17-11-7-5-6-10(15)9(11)2/h5-7H,4,8H2,1-3H3,(H2,16,17,18,19,20). The molecule has 2 rings (SSSR count). The quantitative estimate of drug-likeness (QED) is 0.852. The second-order valence-electron chi connectivity index (χ2n) is 4.43. The Morgan fingerprint density at radius 1 is 1.19 bits per heavy atom. The molecule has 0 saturated heterocycles.